The van der Waals surface area contributed by atoms with Crippen molar-refractivity contribution in [1.82, 2.24) is 4.90 Å². The van der Waals surface area contributed by atoms with E-state index in [-0.39, 0.29) is 12.1 Å². The number of carboxylic acids is 2. The Bertz CT molecular complexity index is 592. The SMILES string of the molecule is O=C(O)C=CC(C(=O)O)=C(CCO)N1C(O)=NC(O)=NC1O. The lowest BCUT2D eigenvalue weighted by Crippen LogP contribution is -2.43. The number of aliphatic imine (C=N–C) groups is 2. The van der Waals surface area contributed by atoms with Crippen LogP contribution in [0.15, 0.2) is 33.4 Å². The third kappa shape index (κ3) is 4.04. The van der Waals surface area contributed by atoms with Crippen molar-refractivity contribution in [3.8, 4) is 0 Å². The maximum atomic E-state index is 11.2. The number of carbonyl (C=O) groups is 2. The Labute approximate surface area is 123 Å². The molecule has 11 nitrogen and oxygen atoms in total. The van der Waals surface area contributed by atoms with Gasteiger partial charge >= 0.3 is 24.0 Å². The maximum absolute atomic E-state index is 11.2. The number of nitrogens with zero attached hydrogens (tertiary/aromatic N) is 3. The summed E-state index contributed by atoms with van der Waals surface area (Å²) in [6.45, 7) is -0.570. The largest absolute Gasteiger partial charge is 0.480 e. The smallest absolute Gasteiger partial charge is 0.337 e. The molecule has 0 aromatic rings. The Morgan fingerprint density at radius 2 is 1.86 bits per heavy atom. The van der Waals surface area contributed by atoms with Gasteiger partial charge in [0.2, 0.25) is 6.35 Å². The van der Waals surface area contributed by atoms with Crippen LogP contribution in [0.4, 0.5) is 0 Å². The molecule has 0 fully saturated rings. The molecule has 22 heavy (non-hydrogen) atoms. The van der Waals surface area contributed by atoms with Gasteiger partial charge in [0.15, 0.2) is 0 Å². The number of carboxylic acid groups (broad SMARTS) is 2. The van der Waals surface area contributed by atoms with Crippen molar-refractivity contribution in [1.29, 1.82) is 0 Å². The maximum Gasteiger partial charge on any atom is 0.337 e. The number of aliphatic carboxylic acids is 2. The van der Waals surface area contributed by atoms with Crippen molar-refractivity contribution in [2.24, 2.45) is 9.98 Å². The van der Waals surface area contributed by atoms with Gasteiger partial charge in [-0.1, -0.05) is 0 Å². The van der Waals surface area contributed by atoms with E-state index in [0.717, 1.165) is 0 Å². The molecule has 0 aromatic carbocycles. The fraction of sp³-hybridized carbons (Fsp3) is 0.273. The van der Waals surface area contributed by atoms with Gasteiger partial charge in [0.25, 0.3) is 0 Å². The Hall–Kier alpha value is -2.92. The molecule has 0 amide bonds. The van der Waals surface area contributed by atoms with Crippen LogP contribution in [0.5, 0.6) is 0 Å². The highest BCUT2D eigenvalue weighted by Crippen LogP contribution is 2.21. The molecular formula is C11H13N3O8. The third-order valence-corrected chi connectivity index (χ3v) is 2.45. The summed E-state index contributed by atoms with van der Waals surface area (Å²) in [5.41, 5.74) is -0.966. The predicted octanol–water partition coefficient (Wildman–Crippen LogP) is -1.23. The summed E-state index contributed by atoms with van der Waals surface area (Å²) in [5.74, 6) is -2.99. The molecule has 0 saturated carbocycles. The normalized spacial score (nSPS) is 19.5. The van der Waals surface area contributed by atoms with Crippen LogP contribution < -0.4 is 0 Å². The zero-order valence-electron chi connectivity index (χ0n) is 11.0. The van der Waals surface area contributed by atoms with E-state index >= 15 is 0 Å². The van der Waals surface area contributed by atoms with Crippen LogP contribution in [0.1, 0.15) is 6.42 Å². The topological polar surface area (TPSA) is 183 Å². The van der Waals surface area contributed by atoms with Gasteiger partial charge < -0.3 is 30.6 Å². The summed E-state index contributed by atoms with van der Waals surface area (Å²) in [6.07, 6.45) is -1.01. The molecule has 1 heterocycles. The highest BCUT2D eigenvalue weighted by molar-refractivity contribution is 5.95. The minimum Gasteiger partial charge on any atom is -0.480 e. The average molecular weight is 315 g/mol. The van der Waals surface area contributed by atoms with E-state index < -0.39 is 42.5 Å². The van der Waals surface area contributed by atoms with Crippen LogP contribution in [-0.2, 0) is 9.59 Å². The van der Waals surface area contributed by atoms with Gasteiger partial charge in [0.1, 0.15) is 0 Å². The Morgan fingerprint density at radius 3 is 2.32 bits per heavy atom. The summed E-state index contributed by atoms with van der Waals surface area (Å²) in [5, 5.41) is 55.1. The molecule has 1 unspecified atom stereocenters. The van der Waals surface area contributed by atoms with Crippen molar-refractivity contribution in [2.75, 3.05) is 6.61 Å². The highest BCUT2D eigenvalue weighted by Gasteiger charge is 2.30. The first kappa shape index (κ1) is 17.1. The fourth-order valence-electron chi connectivity index (χ4n) is 1.63. The molecule has 6 N–H and O–H groups in total. The molecule has 0 saturated heterocycles. The molecule has 0 aliphatic carbocycles. The van der Waals surface area contributed by atoms with Crippen LogP contribution in [0.3, 0.4) is 0 Å². The standard InChI is InChI=1S/C11H13N3O8/c15-4-3-6(5(8(18)19)1-2-7(16)17)14-10(21)12-9(20)13-11(14)22/h1-2,10,15,21H,3-4H2,(H,16,17)(H,18,19)(H2,12,13,20,22). The van der Waals surface area contributed by atoms with Crippen molar-refractivity contribution in [3.05, 3.63) is 23.4 Å². The molecule has 0 spiro atoms. The Balaban J connectivity index is 3.41. The first-order chi connectivity index (χ1) is 10.3. The first-order valence-electron chi connectivity index (χ1n) is 5.78. The number of hydrogen-bond donors (Lipinski definition) is 6. The van der Waals surface area contributed by atoms with Crippen LogP contribution in [-0.4, -0.2) is 72.5 Å². The van der Waals surface area contributed by atoms with E-state index in [0.29, 0.717) is 17.1 Å². The molecular weight excluding hydrogens is 302 g/mol. The van der Waals surface area contributed by atoms with Crippen molar-refractivity contribution in [3.63, 3.8) is 0 Å². The van der Waals surface area contributed by atoms with E-state index in [2.05, 4.69) is 9.98 Å². The van der Waals surface area contributed by atoms with Crippen molar-refractivity contribution >= 4 is 24.0 Å². The number of amidine groups is 2. The zero-order chi connectivity index (χ0) is 16.9. The van der Waals surface area contributed by atoms with Crippen LogP contribution in [0.25, 0.3) is 0 Å². The van der Waals surface area contributed by atoms with E-state index in [4.69, 9.17) is 20.4 Å². The average Bonchev–Trinajstić information content (AvgIpc) is 2.36. The predicted molar refractivity (Wildman–Crippen MR) is 71.1 cm³/mol. The molecule has 1 aliphatic rings. The van der Waals surface area contributed by atoms with Gasteiger partial charge in [-0.15, -0.1) is 4.99 Å². The summed E-state index contributed by atoms with van der Waals surface area (Å²) in [7, 11) is 0. The summed E-state index contributed by atoms with van der Waals surface area (Å²) < 4.78 is 0. The molecule has 0 aromatic heterocycles. The van der Waals surface area contributed by atoms with E-state index in [9.17, 15) is 19.8 Å². The molecule has 1 atom stereocenters. The van der Waals surface area contributed by atoms with Gasteiger partial charge in [-0.05, 0) is 6.08 Å². The highest BCUT2D eigenvalue weighted by atomic mass is 16.4. The Kier molecular flexibility index (Phi) is 5.60. The molecule has 0 radical (unpaired) electrons. The lowest BCUT2D eigenvalue weighted by atomic mass is 10.1. The second kappa shape index (κ2) is 7.19. The molecule has 120 valence electrons. The molecule has 1 rings (SSSR count). The van der Waals surface area contributed by atoms with E-state index in [1.165, 1.54) is 0 Å². The molecule has 11 heteroatoms. The summed E-state index contributed by atoms with van der Waals surface area (Å²) in [6, 6.07) is -1.89. The van der Waals surface area contributed by atoms with Crippen LogP contribution in [0, 0.1) is 0 Å². The van der Waals surface area contributed by atoms with Gasteiger partial charge in [-0.3, -0.25) is 4.90 Å². The monoisotopic (exact) mass is 315 g/mol. The van der Waals surface area contributed by atoms with E-state index in [1.807, 2.05) is 0 Å². The van der Waals surface area contributed by atoms with Gasteiger partial charge in [-0.2, -0.15) is 4.99 Å². The zero-order valence-corrected chi connectivity index (χ0v) is 11.0. The van der Waals surface area contributed by atoms with Gasteiger partial charge in [0.05, 0.1) is 5.57 Å². The fourth-order valence-corrected chi connectivity index (χ4v) is 1.63. The van der Waals surface area contributed by atoms with Gasteiger partial charge in [-0.25, -0.2) is 9.59 Å². The molecule has 1 aliphatic heterocycles. The van der Waals surface area contributed by atoms with Gasteiger partial charge in [0, 0.05) is 24.8 Å². The quantitative estimate of drug-likeness (QED) is 0.258. The minimum atomic E-state index is -1.90. The molecule has 0 bridgehead atoms. The summed E-state index contributed by atoms with van der Waals surface area (Å²) in [4.78, 5) is 28.7. The number of hydrogen-bond acceptors (Lipinski definition) is 7. The Morgan fingerprint density at radius 1 is 1.23 bits per heavy atom. The summed E-state index contributed by atoms with van der Waals surface area (Å²) >= 11 is 0. The van der Waals surface area contributed by atoms with Crippen LogP contribution >= 0.6 is 0 Å². The third-order valence-electron chi connectivity index (χ3n) is 2.45. The lowest BCUT2D eigenvalue weighted by molar-refractivity contribution is -0.132. The van der Waals surface area contributed by atoms with E-state index in [1.54, 1.807) is 0 Å². The first-order valence-corrected chi connectivity index (χ1v) is 5.78. The van der Waals surface area contributed by atoms with Crippen molar-refractivity contribution < 1.29 is 40.2 Å². The minimum absolute atomic E-state index is 0.350. The number of aliphatic hydroxyl groups is 4. The van der Waals surface area contributed by atoms with Crippen LogP contribution in [0.2, 0.25) is 0 Å². The number of rotatable bonds is 6. The second-order valence-electron chi connectivity index (χ2n) is 3.87. The van der Waals surface area contributed by atoms with Crippen molar-refractivity contribution in [2.45, 2.75) is 12.8 Å². The second-order valence-corrected chi connectivity index (χ2v) is 3.87. The lowest BCUT2D eigenvalue weighted by Gasteiger charge is -2.29. The number of aliphatic hydroxyl groups excluding tert-OH is 4.